The van der Waals surface area contributed by atoms with Crippen LogP contribution in [-0.4, -0.2) is 54.4 Å². The number of amides is 1. The van der Waals surface area contributed by atoms with Crippen molar-refractivity contribution in [3.8, 4) is 0 Å². The van der Waals surface area contributed by atoms with E-state index in [-0.39, 0.29) is 11.8 Å². The summed E-state index contributed by atoms with van der Waals surface area (Å²) >= 11 is 1.63. The Morgan fingerprint density at radius 3 is 2.82 bits per heavy atom. The number of aromatic nitrogens is 2. The lowest BCUT2D eigenvalue weighted by Crippen LogP contribution is -2.33. The Labute approximate surface area is 136 Å². The third kappa shape index (κ3) is 4.02. The Hall–Kier alpha value is -1.05. The van der Waals surface area contributed by atoms with Crippen LogP contribution >= 0.6 is 11.8 Å². The molecule has 1 unspecified atom stereocenters. The molecule has 124 valence electrons. The number of ether oxygens (including phenoxy) is 1. The standard InChI is InChI=1S/C15H25N3O3S/c1-17-14(22-4)10-13(16-17)12(15(19)18(2)20-3)9-11-5-7-21-8-6-11/h10-12H,5-9H2,1-4H3. The molecule has 1 fully saturated rings. The molecule has 2 heterocycles. The molecule has 1 amide bonds. The molecule has 7 heteroatoms. The topological polar surface area (TPSA) is 56.6 Å². The predicted molar refractivity (Wildman–Crippen MR) is 85.7 cm³/mol. The van der Waals surface area contributed by atoms with E-state index in [0.29, 0.717) is 5.92 Å². The van der Waals surface area contributed by atoms with Crippen molar-refractivity contribution < 1.29 is 14.4 Å². The number of likely N-dealkylation sites (N-methyl/N-ethyl adjacent to an activating group) is 1. The van der Waals surface area contributed by atoms with Gasteiger partial charge in [-0.1, -0.05) is 0 Å². The lowest BCUT2D eigenvalue weighted by Gasteiger charge is -2.27. The number of rotatable bonds is 6. The zero-order valence-corrected chi connectivity index (χ0v) is 14.6. The van der Waals surface area contributed by atoms with E-state index in [1.807, 2.05) is 24.1 Å². The molecule has 1 aliphatic heterocycles. The smallest absolute Gasteiger partial charge is 0.255 e. The zero-order valence-electron chi connectivity index (χ0n) is 13.7. The van der Waals surface area contributed by atoms with Crippen molar-refractivity contribution in [3.63, 3.8) is 0 Å². The van der Waals surface area contributed by atoms with Gasteiger partial charge < -0.3 is 4.74 Å². The molecule has 6 nitrogen and oxygen atoms in total. The molecular weight excluding hydrogens is 302 g/mol. The molecule has 0 radical (unpaired) electrons. The molecule has 0 N–H and O–H groups in total. The molecule has 1 aromatic rings. The second kappa shape index (κ2) is 7.99. The summed E-state index contributed by atoms with van der Waals surface area (Å²) in [5.74, 6) is 0.188. The summed E-state index contributed by atoms with van der Waals surface area (Å²) in [6, 6.07) is 2.01. The first-order valence-electron chi connectivity index (χ1n) is 7.54. The van der Waals surface area contributed by atoms with Crippen LogP contribution < -0.4 is 0 Å². The maximum absolute atomic E-state index is 12.7. The second-order valence-corrected chi connectivity index (χ2v) is 6.42. The maximum atomic E-state index is 12.7. The highest BCUT2D eigenvalue weighted by atomic mass is 32.2. The lowest BCUT2D eigenvalue weighted by molar-refractivity contribution is -0.171. The quantitative estimate of drug-likeness (QED) is 0.591. The molecule has 1 aliphatic rings. The Kier molecular flexibility index (Phi) is 6.28. The minimum absolute atomic E-state index is 0.0419. The van der Waals surface area contributed by atoms with Crippen molar-refractivity contribution in [1.82, 2.24) is 14.8 Å². The predicted octanol–water partition coefficient (Wildman–Crippen LogP) is 2.06. The molecule has 2 rings (SSSR count). The first-order chi connectivity index (χ1) is 10.6. The van der Waals surface area contributed by atoms with Crippen LogP contribution in [0.2, 0.25) is 0 Å². The number of hydrogen-bond acceptors (Lipinski definition) is 5. The van der Waals surface area contributed by atoms with Crippen LogP contribution in [0.3, 0.4) is 0 Å². The van der Waals surface area contributed by atoms with E-state index in [4.69, 9.17) is 9.57 Å². The van der Waals surface area contributed by atoms with Crippen molar-refractivity contribution in [2.24, 2.45) is 13.0 Å². The Morgan fingerprint density at radius 2 is 2.27 bits per heavy atom. The summed E-state index contributed by atoms with van der Waals surface area (Å²) in [6.07, 6.45) is 4.81. The number of carbonyl (C=O) groups is 1. The van der Waals surface area contributed by atoms with Crippen LogP contribution in [-0.2, 0) is 21.4 Å². The third-order valence-corrected chi connectivity index (χ3v) is 5.01. The zero-order chi connectivity index (χ0) is 16.1. The van der Waals surface area contributed by atoms with E-state index >= 15 is 0 Å². The fourth-order valence-corrected chi connectivity index (χ4v) is 3.35. The molecular formula is C15H25N3O3S. The number of thioether (sulfide) groups is 1. The summed E-state index contributed by atoms with van der Waals surface area (Å²) in [5, 5.41) is 6.91. The van der Waals surface area contributed by atoms with Gasteiger partial charge in [0.2, 0.25) is 0 Å². The third-order valence-electron chi connectivity index (χ3n) is 4.21. The van der Waals surface area contributed by atoms with E-state index in [1.54, 1.807) is 18.8 Å². The number of aryl methyl sites for hydroxylation is 1. The van der Waals surface area contributed by atoms with Gasteiger partial charge in [0.1, 0.15) is 0 Å². The molecule has 0 bridgehead atoms. The number of carbonyl (C=O) groups excluding carboxylic acids is 1. The van der Waals surface area contributed by atoms with Crippen molar-refractivity contribution in [1.29, 1.82) is 0 Å². The molecule has 0 aliphatic carbocycles. The molecule has 0 spiro atoms. The fraction of sp³-hybridized carbons (Fsp3) is 0.733. The molecule has 1 saturated heterocycles. The average molecular weight is 327 g/mol. The van der Waals surface area contributed by atoms with E-state index in [0.717, 1.165) is 43.2 Å². The normalized spacial score (nSPS) is 17.5. The highest BCUT2D eigenvalue weighted by Gasteiger charge is 2.30. The van der Waals surface area contributed by atoms with E-state index in [2.05, 4.69) is 5.10 Å². The van der Waals surface area contributed by atoms with Gasteiger partial charge in [-0.3, -0.25) is 14.3 Å². The average Bonchev–Trinajstić information content (AvgIpc) is 2.92. The molecule has 1 atom stereocenters. The first-order valence-corrected chi connectivity index (χ1v) is 8.76. The van der Waals surface area contributed by atoms with Gasteiger partial charge in [-0.25, -0.2) is 5.06 Å². The Bertz CT molecular complexity index is 500. The molecule has 22 heavy (non-hydrogen) atoms. The van der Waals surface area contributed by atoms with Gasteiger partial charge in [0.15, 0.2) is 0 Å². The van der Waals surface area contributed by atoms with Crippen LogP contribution in [0.4, 0.5) is 0 Å². The largest absolute Gasteiger partial charge is 0.381 e. The van der Waals surface area contributed by atoms with E-state index in [9.17, 15) is 4.79 Å². The van der Waals surface area contributed by atoms with Gasteiger partial charge in [-0.2, -0.15) is 5.10 Å². The summed E-state index contributed by atoms with van der Waals surface area (Å²) in [7, 11) is 5.07. The van der Waals surface area contributed by atoms with Crippen molar-refractivity contribution in [2.75, 3.05) is 33.6 Å². The minimum atomic E-state index is -0.264. The first kappa shape index (κ1) is 17.3. The number of nitrogens with zero attached hydrogens (tertiary/aromatic N) is 3. The van der Waals surface area contributed by atoms with Crippen LogP contribution in [0.15, 0.2) is 11.1 Å². The maximum Gasteiger partial charge on any atom is 0.255 e. The van der Waals surface area contributed by atoms with Crippen LogP contribution in [0.5, 0.6) is 0 Å². The molecule has 1 aromatic heterocycles. The van der Waals surface area contributed by atoms with Crippen LogP contribution in [0.25, 0.3) is 0 Å². The highest BCUT2D eigenvalue weighted by molar-refractivity contribution is 7.98. The molecule has 0 saturated carbocycles. The lowest BCUT2D eigenvalue weighted by atomic mass is 9.86. The molecule has 0 aromatic carbocycles. The van der Waals surface area contributed by atoms with Crippen molar-refractivity contribution >= 4 is 17.7 Å². The Morgan fingerprint density at radius 1 is 1.59 bits per heavy atom. The van der Waals surface area contributed by atoms with Gasteiger partial charge in [0, 0.05) is 27.3 Å². The summed E-state index contributed by atoms with van der Waals surface area (Å²) in [4.78, 5) is 17.8. The monoisotopic (exact) mass is 327 g/mol. The SMILES string of the molecule is CON(C)C(=O)C(CC1CCOCC1)c1cc(SC)n(C)n1. The fourth-order valence-electron chi connectivity index (χ4n) is 2.81. The van der Waals surface area contributed by atoms with Crippen LogP contribution in [0, 0.1) is 5.92 Å². The van der Waals surface area contributed by atoms with Gasteiger partial charge in [-0.15, -0.1) is 11.8 Å². The second-order valence-electron chi connectivity index (χ2n) is 5.60. The number of hydroxylamine groups is 2. The summed E-state index contributed by atoms with van der Waals surface area (Å²) in [5.41, 5.74) is 0.826. The number of hydrogen-bond donors (Lipinski definition) is 0. The van der Waals surface area contributed by atoms with Crippen molar-refractivity contribution in [3.05, 3.63) is 11.8 Å². The van der Waals surface area contributed by atoms with Crippen LogP contribution in [0.1, 0.15) is 30.9 Å². The minimum Gasteiger partial charge on any atom is -0.381 e. The Balaban J connectivity index is 2.21. The van der Waals surface area contributed by atoms with Gasteiger partial charge in [0.25, 0.3) is 5.91 Å². The van der Waals surface area contributed by atoms with Gasteiger partial charge >= 0.3 is 0 Å². The van der Waals surface area contributed by atoms with E-state index < -0.39 is 0 Å². The summed E-state index contributed by atoms with van der Waals surface area (Å²) in [6.45, 7) is 1.56. The van der Waals surface area contributed by atoms with Gasteiger partial charge in [0.05, 0.1) is 23.7 Å². The summed E-state index contributed by atoms with van der Waals surface area (Å²) < 4.78 is 7.24. The van der Waals surface area contributed by atoms with Gasteiger partial charge in [-0.05, 0) is 37.5 Å². The highest BCUT2D eigenvalue weighted by Crippen LogP contribution is 2.31. The van der Waals surface area contributed by atoms with Crippen molar-refractivity contribution in [2.45, 2.75) is 30.2 Å². The van der Waals surface area contributed by atoms with E-state index in [1.165, 1.54) is 12.2 Å².